The van der Waals surface area contributed by atoms with E-state index < -0.39 is 5.97 Å². The number of hydrogen-bond donors (Lipinski definition) is 0. The molecule has 6 heteroatoms. The first-order chi connectivity index (χ1) is 10.6. The average molecular weight is 302 g/mol. The number of hydrogen-bond acceptors (Lipinski definition) is 6. The van der Waals surface area contributed by atoms with Gasteiger partial charge in [-0.1, -0.05) is 0 Å². The predicted molar refractivity (Wildman–Crippen MR) is 85.3 cm³/mol. The van der Waals surface area contributed by atoms with Gasteiger partial charge in [-0.15, -0.1) is 0 Å². The number of carbonyl (C=O) groups is 1. The molecule has 0 radical (unpaired) electrons. The molecule has 0 unspecified atom stereocenters. The summed E-state index contributed by atoms with van der Waals surface area (Å²) in [5, 5.41) is 9.43. The summed E-state index contributed by atoms with van der Waals surface area (Å²) in [6.45, 7) is 3.84. The highest BCUT2D eigenvalue weighted by molar-refractivity contribution is 5.96. The van der Waals surface area contributed by atoms with E-state index in [1.54, 1.807) is 17.9 Å². The molecular weight excluding hydrogens is 280 g/mol. The third-order valence-corrected chi connectivity index (χ3v) is 3.68. The molecule has 1 fully saturated rings. The molecule has 0 N–H and O–H groups in total. The Kier molecular flexibility index (Phi) is 5.21. The number of nitrogens with zero attached hydrogens (tertiary/aromatic N) is 4. The number of ether oxygens (including phenoxy) is 1. The van der Waals surface area contributed by atoms with Crippen molar-refractivity contribution >= 4 is 17.6 Å². The average Bonchev–Trinajstić information content (AvgIpc) is 2.54. The minimum Gasteiger partial charge on any atom is -0.462 e. The van der Waals surface area contributed by atoms with Gasteiger partial charge in [0.2, 0.25) is 0 Å². The summed E-state index contributed by atoms with van der Waals surface area (Å²) in [4.78, 5) is 20.6. The maximum atomic E-state index is 12.1. The quantitative estimate of drug-likeness (QED) is 0.794. The van der Waals surface area contributed by atoms with Crippen molar-refractivity contribution in [2.75, 3.05) is 43.6 Å². The zero-order valence-electron chi connectivity index (χ0n) is 13.4. The van der Waals surface area contributed by atoms with Gasteiger partial charge in [-0.25, -0.2) is 9.78 Å². The topological polar surface area (TPSA) is 69.5 Å². The van der Waals surface area contributed by atoms with E-state index in [-0.39, 0.29) is 0 Å². The maximum Gasteiger partial charge on any atom is 0.341 e. The smallest absolute Gasteiger partial charge is 0.341 e. The zero-order chi connectivity index (χ0) is 16.1. The van der Waals surface area contributed by atoms with E-state index in [0.29, 0.717) is 29.4 Å². The Morgan fingerprint density at radius 2 is 2.09 bits per heavy atom. The lowest BCUT2D eigenvalue weighted by molar-refractivity contribution is 0.0526. The molecule has 1 aliphatic rings. The van der Waals surface area contributed by atoms with E-state index in [9.17, 15) is 10.1 Å². The number of aromatic nitrogens is 1. The number of esters is 1. The first-order valence-electron chi connectivity index (χ1n) is 7.63. The summed E-state index contributed by atoms with van der Waals surface area (Å²) >= 11 is 0. The van der Waals surface area contributed by atoms with Crippen LogP contribution in [0.1, 0.15) is 42.1 Å². The van der Waals surface area contributed by atoms with Gasteiger partial charge >= 0.3 is 5.97 Å². The van der Waals surface area contributed by atoms with Gasteiger partial charge < -0.3 is 14.5 Å². The standard InChI is InChI=1S/C16H22N4O2/c1-4-22-16(21)13-10-12(11-17)14(18-15(13)19(2)3)20-8-6-5-7-9-20/h10H,4-9H2,1-3H3. The van der Waals surface area contributed by atoms with Crippen LogP contribution < -0.4 is 9.80 Å². The summed E-state index contributed by atoms with van der Waals surface area (Å²) < 4.78 is 5.07. The number of piperidine rings is 1. The van der Waals surface area contributed by atoms with Gasteiger partial charge in [0.1, 0.15) is 23.3 Å². The fourth-order valence-electron chi connectivity index (χ4n) is 2.62. The van der Waals surface area contributed by atoms with Gasteiger partial charge in [0.05, 0.1) is 12.2 Å². The highest BCUT2D eigenvalue weighted by atomic mass is 16.5. The lowest BCUT2D eigenvalue weighted by Gasteiger charge is -2.29. The molecule has 6 nitrogen and oxygen atoms in total. The lowest BCUT2D eigenvalue weighted by Crippen LogP contribution is -2.31. The van der Waals surface area contributed by atoms with Gasteiger partial charge in [-0.05, 0) is 32.3 Å². The molecule has 2 heterocycles. The van der Waals surface area contributed by atoms with Crippen LogP contribution in [0.25, 0.3) is 0 Å². The van der Waals surface area contributed by atoms with Crippen molar-refractivity contribution in [1.29, 1.82) is 5.26 Å². The Hall–Kier alpha value is -2.29. The van der Waals surface area contributed by atoms with Gasteiger partial charge in [0.25, 0.3) is 0 Å². The van der Waals surface area contributed by atoms with Crippen molar-refractivity contribution in [2.24, 2.45) is 0 Å². The molecule has 2 rings (SSSR count). The van der Waals surface area contributed by atoms with Gasteiger partial charge in [-0.2, -0.15) is 5.26 Å². The molecule has 0 aliphatic carbocycles. The molecular formula is C16H22N4O2. The van der Waals surface area contributed by atoms with Crippen molar-refractivity contribution in [3.63, 3.8) is 0 Å². The van der Waals surface area contributed by atoms with Crippen LogP contribution in [0.5, 0.6) is 0 Å². The number of rotatable bonds is 4. The molecule has 1 saturated heterocycles. The summed E-state index contributed by atoms with van der Waals surface area (Å²) in [6.07, 6.45) is 3.41. The zero-order valence-corrected chi connectivity index (χ0v) is 13.4. The van der Waals surface area contributed by atoms with Gasteiger partial charge in [0, 0.05) is 27.2 Å². The Morgan fingerprint density at radius 3 is 2.64 bits per heavy atom. The summed E-state index contributed by atoms with van der Waals surface area (Å²) in [6, 6.07) is 3.77. The van der Waals surface area contributed by atoms with E-state index >= 15 is 0 Å². The minimum absolute atomic E-state index is 0.293. The number of nitriles is 1. The van der Waals surface area contributed by atoms with Crippen LogP contribution in [-0.4, -0.2) is 44.7 Å². The fraction of sp³-hybridized carbons (Fsp3) is 0.562. The minimum atomic E-state index is -0.444. The molecule has 0 atom stereocenters. The monoisotopic (exact) mass is 302 g/mol. The lowest BCUT2D eigenvalue weighted by atomic mass is 10.1. The van der Waals surface area contributed by atoms with Crippen molar-refractivity contribution in [1.82, 2.24) is 4.98 Å². The SMILES string of the molecule is CCOC(=O)c1cc(C#N)c(N2CCCCC2)nc1N(C)C. The van der Waals surface area contributed by atoms with Crippen molar-refractivity contribution in [3.05, 3.63) is 17.2 Å². The van der Waals surface area contributed by atoms with Crippen LogP contribution in [0.3, 0.4) is 0 Å². The number of carbonyl (C=O) groups excluding carboxylic acids is 1. The van der Waals surface area contributed by atoms with E-state index in [0.717, 1.165) is 25.9 Å². The molecule has 1 aliphatic heterocycles. The predicted octanol–water partition coefficient (Wildman–Crippen LogP) is 2.19. The Bertz CT molecular complexity index is 587. The second kappa shape index (κ2) is 7.12. The van der Waals surface area contributed by atoms with Gasteiger partial charge in [-0.3, -0.25) is 0 Å². The Balaban J connectivity index is 2.49. The first-order valence-corrected chi connectivity index (χ1v) is 7.63. The molecule has 1 aromatic rings. The highest BCUT2D eigenvalue weighted by Crippen LogP contribution is 2.28. The molecule has 22 heavy (non-hydrogen) atoms. The van der Waals surface area contributed by atoms with E-state index in [1.165, 1.54) is 6.42 Å². The Labute approximate surface area is 131 Å². The fourth-order valence-corrected chi connectivity index (χ4v) is 2.62. The molecule has 1 aromatic heterocycles. The normalized spacial score (nSPS) is 14.4. The molecule has 0 aromatic carbocycles. The van der Waals surface area contributed by atoms with Gasteiger partial charge in [0.15, 0.2) is 0 Å². The third kappa shape index (κ3) is 3.30. The number of pyridine rings is 1. The highest BCUT2D eigenvalue weighted by Gasteiger charge is 2.23. The molecule has 0 spiro atoms. The number of anilines is 2. The second-order valence-corrected chi connectivity index (χ2v) is 5.51. The van der Waals surface area contributed by atoms with E-state index in [2.05, 4.69) is 16.0 Å². The third-order valence-electron chi connectivity index (χ3n) is 3.68. The van der Waals surface area contributed by atoms with Crippen molar-refractivity contribution < 1.29 is 9.53 Å². The van der Waals surface area contributed by atoms with Crippen LogP contribution in [0.15, 0.2) is 6.07 Å². The molecule has 0 amide bonds. The first kappa shape index (κ1) is 16.1. The van der Waals surface area contributed by atoms with Crippen molar-refractivity contribution in [2.45, 2.75) is 26.2 Å². The van der Waals surface area contributed by atoms with Crippen LogP contribution in [-0.2, 0) is 4.74 Å². The van der Waals surface area contributed by atoms with Crippen LogP contribution >= 0.6 is 0 Å². The summed E-state index contributed by atoms with van der Waals surface area (Å²) in [7, 11) is 3.66. The van der Waals surface area contributed by atoms with Crippen LogP contribution in [0.4, 0.5) is 11.6 Å². The Morgan fingerprint density at radius 1 is 1.41 bits per heavy atom. The van der Waals surface area contributed by atoms with E-state index in [4.69, 9.17) is 4.74 Å². The summed E-state index contributed by atoms with van der Waals surface area (Å²) in [5.74, 6) is 0.761. The van der Waals surface area contributed by atoms with Crippen LogP contribution in [0.2, 0.25) is 0 Å². The molecule has 118 valence electrons. The molecule has 0 saturated carbocycles. The van der Waals surface area contributed by atoms with Crippen molar-refractivity contribution in [3.8, 4) is 6.07 Å². The van der Waals surface area contributed by atoms with Crippen LogP contribution in [0, 0.1) is 11.3 Å². The summed E-state index contributed by atoms with van der Waals surface area (Å²) in [5.41, 5.74) is 0.764. The molecule has 0 bridgehead atoms. The van der Waals surface area contributed by atoms with E-state index in [1.807, 2.05) is 14.1 Å². The largest absolute Gasteiger partial charge is 0.462 e. The second-order valence-electron chi connectivity index (χ2n) is 5.51. The maximum absolute atomic E-state index is 12.1.